The van der Waals surface area contributed by atoms with Gasteiger partial charge >= 0.3 is 0 Å². The van der Waals surface area contributed by atoms with Crippen molar-refractivity contribution in [1.82, 2.24) is 0 Å². The molecule has 0 aliphatic carbocycles. The number of hydrogen-bond donors (Lipinski definition) is 0. The summed E-state index contributed by atoms with van der Waals surface area (Å²) < 4.78 is 0. The third-order valence-electron chi connectivity index (χ3n) is 3.18. The van der Waals surface area contributed by atoms with Crippen LogP contribution in [0.2, 0.25) is 0 Å². The van der Waals surface area contributed by atoms with Crippen molar-refractivity contribution in [2.24, 2.45) is 0 Å². The molecular formula is C7H11B5O. The molecule has 0 bridgehead atoms. The maximum Gasteiger partial charge on any atom is 0.148 e. The normalized spacial score (nSPS) is 9.85. The van der Waals surface area contributed by atoms with Gasteiger partial charge in [0.1, 0.15) is 45.5 Å². The SMILES string of the molecule is Bc1c(B)c(B)c(C=O)c(B)c1B. The van der Waals surface area contributed by atoms with Crippen LogP contribution in [0, 0.1) is 0 Å². The minimum absolute atomic E-state index is 0.862. The van der Waals surface area contributed by atoms with Crippen LogP contribution >= 0.6 is 0 Å². The zero-order chi connectivity index (χ0) is 10.2. The molecule has 0 atom stereocenters. The van der Waals surface area contributed by atoms with E-state index in [-0.39, 0.29) is 0 Å². The first kappa shape index (κ1) is 10.3. The molecule has 6 heteroatoms. The van der Waals surface area contributed by atoms with E-state index in [4.69, 9.17) is 0 Å². The van der Waals surface area contributed by atoms with Gasteiger partial charge in [-0.3, -0.25) is 4.79 Å². The fourth-order valence-electron chi connectivity index (χ4n) is 1.71. The van der Waals surface area contributed by atoms with Crippen LogP contribution in [0.4, 0.5) is 0 Å². The molecule has 60 valence electrons. The second-order valence-electron chi connectivity index (χ2n) is 3.66. The predicted molar refractivity (Wildman–Crippen MR) is 72.7 cm³/mol. The van der Waals surface area contributed by atoms with Crippen LogP contribution in [0.1, 0.15) is 10.4 Å². The van der Waals surface area contributed by atoms with E-state index in [1.54, 1.807) is 0 Å². The molecule has 1 rings (SSSR count). The molecule has 0 N–H and O–H groups in total. The Morgan fingerprint density at radius 2 is 1.00 bits per heavy atom. The topological polar surface area (TPSA) is 17.1 Å². The standard InChI is InChI=1S/C7H11B5O/c8-3-2(1-13)4(9)6(11)7(12)5(3)10/h1H,8-12H2. The van der Waals surface area contributed by atoms with Gasteiger partial charge in [-0.2, -0.15) is 0 Å². The van der Waals surface area contributed by atoms with Gasteiger partial charge in [-0.05, 0) is 0 Å². The summed E-state index contributed by atoms with van der Waals surface area (Å²) >= 11 is 0. The smallest absolute Gasteiger partial charge is 0.148 e. The van der Waals surface area contributed by atoms with Gasteiger partial charge in [0.2, 0.25) is 0 Å². The molecule has 1 aromatic rings. The van der Waals surface area contributed by atoms with Gasteiger partial charge in [0.05, 0.1) is 0 Å². The lowest BCUT2D eigenvalue weighted by Crippen LogP contribution is -2.56. The quantitative estimate of drug-likeness (QED) is 0.298. The summed E-state index contributed by atoms with van der Waals surface area (Å²) in [5.74, 6) is 0. The number of benzene rings is 1. The van der Waals surface area contributed by atoms with Crippen LogP contribution in [0.15, 0.2) is 0 Å². The Balaban J connectivity index is 3.66. The van der Waals surface area contributed by atoms with E-state index in [1.807, 2.05) is 15.7 Å². The molecular weight excluding hydrogens is 154 g/mol. The fourth-order valence-corrected chi connectivity index (χ4v) is 1.71. The zero-order valence-electron chi connectivity index (χ0n) is 8.99. The van der Waals surface area contributed by atoms with Crippen molar-refractivity contribution in [1.29, 1.82) is 0 Å². The summed E-state index contributed by atoms with van der Waals surface area (Å²) in [4.78, 5) is 10.9. The Hall–Kier alpha value is -0.785. The Bertz CT molecular complexity index is 345. The molecule has 0 heterocycles. The molecule has 0 saturated heterocycles. The first-order chi connectivity index (χ1) is 6.00. The number of carbonyl (C=O) groups excluding carboxylic acids is 1. The third kappa shape index (κ3) is 1.50. The monoisotopic (exact) mass is 166 g/mol. The first-order valence-electron chi connectivity index (χ1n) is 4.52. The van der Waals surface area contributed by atoms with Crippen molar-refractivity contribution in [2.45, 2.75) is 0 Å². The lowest BCUT2D eigenvalue weighted by atomic mass is 9.60. The molecule has 1 nitrogen and oxygen atoms in total. The number of carbonyl (C=O) groups is 1. The average Bonchev–Trinajstić information content (AvgIpc) is 2.13. The molecule has 0 spiro atoms. The van der Waals surface area contributed by atoms with E-state index >= 15 is 0 Å². The predicted octanol–water partition coefficient (Wildman–Crippen LogP) is -7.21. The van der Waals surface area contributed by atoms with Gasteiger partial charge in [0.15, 0.2) is 0 Å². The summed E-state index contributed by atoms with van der Waals surface area (Å²) in [7, 11) is 10.3. The van der Waals surface area contributed by atoms with E-state index in [9.17, 15) is 4.79 Å². The van der Waals surface area contributed by atoms with Crippen molar-refractivity contribution in [3.63, 3.8) is 0 Å². The van der Waals surface area contributed by atoms with Gasteiger partial charge in [0.25, 0.3) is 0 Å². The molecule has 0 fully saturated rings. The molecule has 0 radical (unpaired) electrons. The van der Waals surface area contributed by atoms with E-state index in [1.165, 1.54) is 16.4 Å². The lowest BCUT2D eigenvalue weighted by Gasteiger charge is -2.16. The average molecular weight is 165 g/mol. The number of hydrogen-bond acceptors (Lipinski definition) is 1. The van der Waals surface area contributed by atoms with Crippen LogP contribution in [-0.4, -0.2) is 45.5 Å². The van der Waals surface area contributed by atoms with Gasteiger partial charge in [0, 0.05) is 5.56 Å². The highest BCUT2D eigenvalue weighted by atomic mass is 16.1. The molecule has 0 unspecified atom stereocenters. The maximum atomic E-state index is 10.9. The number of rotatable bonds is 1. The Morgan fingerprint density at radius 1 is 0.692 bits per heavy atom. The molecule has 0 saturated carbocycles. The second kappa shape index (κ2) is 3.53. The first-order valence-corrected chi connectivity index (χ1v) is 4.52. The van der Waals surface area contributed by atoms with Crippen LogP contribution in [0.25, 0.3) is 0 Å². The van der Waals surface area contributed by atoms with Crippen LogP contribution < -0.4 is 27.3 Å². The highest BCUT2D eigenvalue weighted by molar-refractivity contribution is 6.68. The summed E-state index contributed by atoms with van der Waals surface area (Å²) in [6.45, 7) is 0. The third-order valence-corrected chi connectivity index (χ3v) is 3.18. The van der Waals surface area contributed by atoms with Gasteiger partial charge < -0.3 is 0 Å². The molecule has 0 aromatic heterocycles. The van der Waals surface area contributed by atoms with E-state index in [0.717, 1.165) is 22.8 Å². The summed E-state index contributed by atoms with van der Waals surface area (Å²) in [6, 6.07) is 0. The lowest BCUT2D eigenvalue weighted by molar-refractivity contribution is 0.112. The molecule has 1 aromatic carbocycles. The molecule has 0 aliphatic heterocycles. The highest BCUT2D eigenvalue weighted by Crippen LogP contribution is 1.78. The van der Waals surface area contributed by atoms with Gasteiger partial charge in [-0.15, -0.1) is 16.4 Å². The van der Waals surface area contributed by atoms with Crippen molar-refractivity contribution in [3.05, 3.63) is 5.56 Å². The Kier molecular flexibility index (Phi) is 2.79. The van der Waals surface area contributed by atoms with Crippen LogP contribution in [-0.2, 0) is 0 Å². The van der Waals surface area contributed by atoms with Gasteiger partial charge in [-0.25, -0.2) is 0 Å². The van der Waals surface area contributed by atoms with Gasteiger partial charge in [-0.1, -0.05) is 10.9 Å². The molecule has 0 aliphatic rings. The summed E-state index contributed by atoms with van der Waals surface area (Å²) in [5, 5.41) is 0. The number of aldehydes is 1. The maximum absolute atomic E-state index is 10.9. The van der Waals surface area contributed by atoms with Crippen molar-refractivity contribution in [3.8, 4) is 0 Å². The Morgan fingerprint density at radius 3 is 1.31 bits per heavy atom. The largest absolute Gasteiger partial charge is 0.298 e. The zero-order valence-corrected chi connectivity index (χ0v) is 8.99. The van der Waals surface area contributed by atoms with E-state index in [2.05, 4.69) is 23.5 Å². The van der Waals surface area contributed by atoms with Crippen molar-refractivity contribution >= 4 is 72.8 Å². The van der Waals surface area contributed by atoms with Crippen LogP contribution in [0.3, 0.4) is 0 Å². The minimum atomic E-state index is 0.862. The minimum Gasteiger partial charge on any atom is -0.298 e. The van der Waals surface area contributed by atoms with E-state index < -0.39 is 0 Å². The molecule has 0 amide bonds. The van der Waals surface area contributed by atoms with E-state index in [0.29, 0.717) is 0 Å². The summed E-state index contributed by atoms with van der Waals surface area (Å²) in [5.41, 5.74) is 6.89. The molecule has 13 heavy (non-hydrogen) atoms. The Labute approximate surface area is 83.7 Å². The van der Waals surface area contributed by atoms with Crippen molar-refractivity contribution < 1.29 is 4.79 Å². The summed E-state index contributed by atoms with van der Waals surface area (Å²) in [6.07, 6.45) is 0.962. The second-order valence-corrected chi connectivity index (χ2v) is 3.66. The highest BCUT2D eigenvalue weighted by Gasteiger charge is 2.09. The van der Waals surface area contributed by atoms with Crippen LogP contribution in [0.5, 0.6) is 0 Å². The van der Waals surface area contributed by atoms with Crippen molar-refractivity contribution in [2.75, 3.05) is 0 Å². The fraction of sp³-hybridized carbons (Fsp3) is 0.